The van der Waals surface area contributed by atoms with E-state index < -0.39 is 0 Å². The molecule has 0 N–H and O–H groups in total. The molecular formula is C29H52O4. The van der Waals surface area contributed by atoms with Gasteiger partial charge in [0.15, 0.2) is 0 Å². The Balaban J connectivity index is 1.48. The highest BCUT2D eigenvalue weighted by atomic mass is 16.6. The van der Waals surface area contributed by atoms with E-state index in [1.165, 1.54) is 12.8 Å². The summed E-state index contributed by atoms with van der Waals surface area (Å²) in [4.78, 5) is 0. The van der Waals surface area contributed by atoms with Gasteiger partial charge in [-0.15, -0.1) is 0 Å². The molecule has 0 aliphatic carbocycles. The van der Waals surface area contributed by atoms with Gasteiger partial charge in [-0.2, -0.15) is 0 Å². The predicted octanol–water partition coefficient (Wildman–Crippen LogP) is 6.79. The molecule has 4 nitrogen and oxygen atoms in total. The van der Waals surface area contributed by atoms with Gasteiger partial charge in [-0.05, 0) is 73.0 Å². The summed E-state index contributed by atoms with van der Waals surface area (Å²) < 4.78 is 24.2. The highest BCUT2D eigenvalue weighted by Crippen LogP contribution is 2.61. The molecule has 33 heavy (non-hydrogen) atoms. The van der Waals surface area contributed by atoms with Crippen molar-refractivity contribution in [3.8, 4) is 0 Å². The Kier molecular flexibility index (Phi) is 6.02. The third-order valence-corrected chi connectivity index (χ3v) is 8.74. The second-order valence-corrected chi connectivity index (χ2v) is 16.1. The van der Waals surface area contributed by atoms with Crippen molar-refractivity contribution in [1.82, 2.24) is 0 Å². The molecule has 0 aromatic carbocycles. The Bertz CT molecular complexity index is 739. The number of rotatable bonds is 12. The van der Waals surface area contributed by atoms with Crippen molar-refractivity contribution in [2.45, 2.75) is 138 Å². The third-order valence-electron chi connectivity index (χ3n) is 8.74. The summed E-state index contributed by atoms with van der Waals surface area (Å²) in [6.45, 7) is 28.9. The number of hydrogen-bond donors (Lipinski definition) is 0. The zero-order valence-electron chi connectivity index (χ0n) is 23.5. The molecule has 4 aliphatic heterocycles. The minimum absolute atomic E-state index is 0.0553. The second kappa shape index (κ2) is 7.67. The van der Waals surface area contributed by atoms with Gasteiger partial charge < -0.3 is 18.9 Å². The summed E-state index contributed by atoms with van der Waals surface area (Å²) in [7, 11) is 0. The molecule has 192 valence electrons. The molecule has 0 spiro atoms. The lowest BCUT2D eigenvalue weighted by atomic mass is 9.59. The van der Waals surface area contributed by atoms with Gasteiger partial charge in [0.2, 0.25) is 0 Å². The molecular weight excluding hydrogens is 412 g/mol. The Morgan fingerprint density at radius 3 is 1.70 bits per heavy atom. The molecule has 0 saturated carbocycles. The lowest BCUT2D eigenvalue weighted by molar-refractivity contribution is 0.0262. The second-order valence-electron chi connectivity index (χ2n) is 16.1. The molecule has 0 amide bonds. The van der Waals surface area contributed by atoms with Crippen LogP contribution >= 0.6 is 0 Å². The van der Waals surface area contributed by atoms with E-state index >= 15 is 0 Å². The maximum Gasteiger partial charge on any atom is 0.0932 e. The van der Waals surface area contributed by atoms with Crippen LogP contribution in [0.5, 0.6) is 0 Å². The monoisotopic (exact) mass is 464 g/mol. The number of epoxide rings is 4. The third kappa shape index (κ3) is 6.16. The first-order valence-electron chi connectivity index (χ1n) is 13.3. The van der Waals surface area contributed by atoms with E-state index in [0.717, 1.165) is 39.1 Å². The van der Waals surface area contributed by atoms with Crippen LogP contribution < -0.4 is 0 Å². The summed E-state index contributed by atoms with van der Waals surface area (Å²) in [6, 6.07) is 0. The molecule has 4 saturated heterocycles. The van der Waals surface area contributed by atoms with Crippen molar-refractivity contribution in [3.05, 3.63) is 0 Å². The van der Waals surface area contributed by atoms with E-state index in [1.54, 1.807) is 0 Å². The minimum Gasteiger partial charge on any atom is -0.373 e. The van der Waals surface area contributed by atoms with E-state index in [4.69, 9.17) is 18.9 Å². The van der Waals surface area contributed by atoms with E-state index in [-0.39, 0.29) is 39.0 Å². The van der Waals surface area contributed by atoms with Crippen LogP contribution in [0.25, 0.3) is 0 Å². The van der Waals surface area contributed by atoms with Crippen LogP contribution in [-0.2, 0) is 18.9 Å². The smallest absolute Gasteiger partial charge is 0.0932 e. The van der Waals surface area contributed by atoms with Crippen molar-refractivity contribution in [2.75, 3.05) is 19.8 Å². The van der Waals surface area contributed by atoms with E-state index in [1.807, 2.05) is 0 Å². The van der Waals surface area contributed by atoms with Crippen molar-refractivity contribution in [2.24, 2.45) is 27.1 Å². The largest absolute Gasteiger partial charge is 0.373 e. The summed E-state index contributed by atoms with van der Waals surface area (Å²) in [5.74, 6) is 0. The summed E-state index contributed by atoms with van der Waals surface area (Å²) in [5.41, 5.74) is 0.936. The lowest BCUT2D eigenvalue weighted by Crippen LogP contribution is -2.42. The van der Waals surface area contributed by atoms with Crippen molar-refractivity contribution in [3.63, 3.8) is 0 Å². The molecule has 0 bridgehead atoms. The maximum atomic E-state index is 6.53. The fourth-order valence-corrected chi connectivity index (χ4v) is 8.43. The standard InChI is InChI=1S/C29H52O4/c1-23(2,3)14-24(4,5)15-26(8,20-12-30-20)17-27(9,21-13-31-21)18-29(11)22(33-29)25(6,7)16-28(10)19-32-28/h20-22H,12-19H2,1-11H3. The Labute approximate surface area is 203 Å². The zero-order chi connectivity index (χ0) is 24.7. The highest BCUT2D eigenvalue weighted by molar-refractivity contribution is 5.13. The van der Waals surface area contributed by atoms with Gasteiger partial charge in [0, 0.05) is 0 Å². The molecule has 0 radical (unpaired) electrons. The van der Waals surface area contributed by atoms with Crippen LogP contribution in [-0.4, -0.2) is 49.3 Å². The normalized spacial score (nSPS) is 39.5. The molecule has 4 heteroatoms. The van der Waals surface area contributed by atoms with Gasteiger partial charge >= 0.3 is 0 Å². The molecule has 0 aromatic rings. The van der Waals surface area contributed by atoms with Crippen molar-refractivity contribution >= 4 is 0 Å². The number of ether oxygens (including phenoxy) is 4. The molecule has 4 aliphatic rings. The van der Waals surface area contributed by atoms with Gasteiger partial charge in [0.05, 0.1) is 49.3 Å². The lowest BCUT2D eigenvalue weighted by Gasteiger charge is -2.45. The Morgan fingerprint density at radius 1 is 0.727 bits per heavy atom. The molecule has 7 atom stereocenters. The minimum atomic E-state index is -0.0817. The van der Waals surface area contributed by atoms with Crippen LogP contribution in [0.3, 0.4) is 0 Å². The highest BCUT2D eigenvalue weighted by Gasteiger charge is 2.65. The van der Waals surface area contributed by atoms with Crippen molar-refractivity contribution < 1.29 is 18.9 Å². The molecule has 4 heterocycles. The summed E-state index contributed by atoms with van der Waals surface area (Å²) >= 11 is 0. The fourth-order valence-electron chi connectivity index (χ4n) is 8.43. The number of hydrogen-bond acceptors (Lipinski definition) is 4. The van der Waals surface area contributed by atoms with Gasteiger partial charge in [-0.3, -0.25) is 0 Å². The first-order valence-corrected chi connectivity index (χ1v) is 13.3. The quantitative estimate of drug-likeness (QED) is 0.298. The maximum absolute atomic E-state index is 6.53. The average molecular weight is 465 g/mol. The zero-order valence-corrected chi connectivity index (χ0v) is 23.5. The summed E-state index contributed by atoms with van der Waals surface area (Å²) in [6.07, 6.45) is 6.66. The summed E-state index contributed by atoms with van der Waals surface area (Å²) in [5, 5.41) is 0. The van der Waals surface area contributed by atoms with Crippen LogP contribution in [0.4, 0.5) is 0 Å². The van der Waals surface area contributed by atoms with Crippen LogP contribution in [0.1, 0.15) is 108 Å². The molecule has 7 unspecified atom stereocenters. The van der Waals surface area contributed by atoms with E-state index in [0.29, 0.717) is 17.6 Å². The van der Waals surface area contributed by atoms with E-state index in [9.17, 15) is 0 Å². The first-order chi connectivity index (χ1) is 14.8. The average Bonchev–Trinajstić information content (AvgIpc) is 3.43. The van der Waals surface area contributed by atoms with E-state index in [2.05, 4.69) is 76.2 Å². The topological polar surface area (TPSA) is 50.1 Å². The first kappa shape index (κ1) is 25.9. The predicted molar refractivity (Wildman–Crippen MR) is 133 cm³/mol. The Hall–Kier alpha value is -0.160. The van der Waals surface area contributed by atoms with Gasteiger partial charge in [-0.25, -0.2) is 0 Å². The SMILES string of the molecule is CC(C)(C)CC(C)(C)CC(C)(CC(C)(CC1(C)OC1C(C)(C)CC1(C)CO1)C1CO1)C1CO1. The van der Waals surface area contributed by atoms with Crippen LogP contribution in [0, 0.1) is 27.1 Å². The molecule has 0 aromatic heterocycles. The molecule has 4 rings (SSSR count). The molecule has 4 fully saturated rings. The van der Waals surface area contributed by atoms with Gasteiger partial charge in [0.25, 0.3) is 0 Å². The van der Waals surface area contributed by atoms with Crippen LogP contribution in [0.15, 0.2) is 0 Å². The fraction of sp³-hybridized carbons (Fsp3) is 1.00. The van der Waals surface area contributed by atoms with Crippen LogP contribution in [0.2, 0.25) is 0 Å². The van der Waals surface area contributed by atoms with Gasteiger partial charge in [0.1, 0.15) is 0 Å². The van der Waals surface area contributed by atoms with Crippen molar-refractivity contribution in [1.29, 1.82) is 0 Å². The Morgan fingerprint density at radius 2 is 1.24 bits per heavy atom. The van der Waals surface area contributed by atoms with Gasteiger partial charge in [-0.1, -0.05) is 62.3 Å².